The van der Waals surface area contributed by atoms with Gasteiger partial charge in [0.2, 0.25) is 5.91 Å². The van der Waals surface area contributed by atoms with Crippen molar-refractivity contribution < 1.29 is 18.3 Å². The molecule has 0 saturated carbocycles. The lowest BCUT2D eigenvalue weighted by molar-refractivity contribution is -0.119. The third-order valence-corrected chi connectivity index (χ3v) is 2.54. The highest BCUT2D eigenvalue weighted by molar-refractivity contribution is 5.95. The fourth-order valence-corrected chi connectivity index (χ4v) is 1.36. The van der Waals surface area contributed by atoms with Gasteiger partial charge < -0.3 is 15.8 Å². The Morgan fingerprint density at radius 2 is 2.00 bits per heavy atom. The van der Waals surface area contributed by atoms with E-state index in [0.29, 0.717) is 5.69 Å². The zero-order valence-corrected chi connectivity index (χ0v) is 11.1. The van der Waals surface area contributed by atoms with Gasteiger partial charge in [-0.15, -0.1) is 0 Å². The molecular formula is C13H18F2N2O2. The van der Waals surface area contributed by atoms with Crippen LogP contribution in [0.15, 0.2) is 24.3 Å². The Labute approximate surface area is 110 Å². The number of anilines is 1. The minimum atomic E-state index is -2.90. The molecule has 19 heavy (non-hydrogen) atoms. The van der Waals surface area contributed by atoms with E-state index in [0.717, 1.165) is 0 Å². The molecule has 0 aliphatic heterocycles. The van der Waals surface area contributed by atoms with Crippen LogP contribution in [-0.4, -0.2) is 18.6 Å². The molecule has 0 aliphatic carbocycles. The molecule has 106 valence electrons. The number of benzene rings is 1. The van der Waals surface area contributed by atoms with Crippen LogP contribution < -0.4 is 15.8 Å². The summed E-state index contributed by atoms with van der Waals surface area (Å²) in [6.07, 6.45) is 0. The van der Waals surface area contributed by atoms with Crippen molar-refractivity contribution in [3.8, 4) is 5.75 Å². The number of carbonyl (C=O) groups is 1. The van der Waals surface area contributed by atoms with Crippen LogP contribution in [0.3, 0.4) is 0 Å². The predicted molar refractivity (Wildman–Crippen MR) is 69.1 cm³/mol. The first-order valence-corrected chi connectivity index (χ1v) is 5.81. The number of nitrogens with two attached hydrogens (primary N) is 1. The SMILES string of the molecule is CC(C)(C)[C@H](N)C(=O)Nc1cccc(OC(F)F)c1. The first kappa shape index (κ1) is 15.4. The van der Waals surface area contributed by atoms with E-state index in [1.165, 1.54) is 18.2 Å². The Bertz CT molecular complexity index is 445. The lowest BCUT2D eigenvalue weighted by Crippen LogP contribution is -2.45. The fraction of sp³-hybridized carbons (Fsp3) is 0.462. The average molecular weight is 272 g/mol. The van der Waals surface area contributed by atoms with E-state index in [-0.39, 0.29) is 17.1 Å². The van der Waals surface area contributed by atoms with Crippen molar-refractivity contribution in [1.82, 2.24) is 0 Å². The summed E-state index contributed by atoms with van der Waals surface area (Å²) >= 11 is 0. The van der Waals surface area contributed by atoms with Crippen molar-refractivity contribution in [1.29, 1.82) is 0 Å². The summed E-state index contributed by atoms with van der Waals surface area (Å²) < 4.78 is 28.4. The van der Waals surface area contributed by atoms with Gasteiger partial charge in [-0.2, -0.15) is 8.78 Å². The maximum absolute atomic E-state index is 12.1. The van der Waals surface area contributed by atoms with Crippen LogP contribution in [0.25, 0.3) is 0 Å². The monoisotopic (exact) mass is 272 g/mol. The van der Waals surface area contributed by atoms with E-state index >= 15 is 0 Å². The topological polar surface area (TPSA) is 64.4 Å². The molecule has 1 aromatic rings. The van der Waals surface area contributed by atoms with Gasteiger partial charge >= 0.3 is 6.61 Å². The Morgan fingerprint density at radius 3 is 2.53 bits per heavy atom. The van der Waals surface area contributed by atoms with E-state index in [1.807, 2.05) is 20.8 Å². The molecule has 4 nitrogen and oxygen atoms in total. The summed E-state index contributed by atoms with van der Waals surface area (Å²) in [6.45, 7) is 2.62. The second kappa shape index (κ2) is 5.97. The molecule has 0 aromatic heterocycles. The highest BCUT2D eigenvalue weighted by Gasteiger charge is 2.27. The highest BCUT2D eigenvalue weighted by atomic mass is 19.3. The number of alkyl halides is 2. The van der Waals surface area contributed by atoms with Crippen molar-refractivity contribution in [2.75, 3.05) is 5.32 Å². The molecule has 0 fully saturated rings. The molecule has 0 unspecified atom stereocenters. The van der Waals surface area contributed by atoms with E-state index in [9.17, 15) is 13.6 Å². The summed E-state index contributed by atoms with van der Waals surface area (Å²) in [4.78, 5) is 11.9. The summed E-state index contributed by atoms with van der Waals surface area (Å²) in [5, 5.41) is 2.57. The smallest absolute Gasteiger partial charge is 0.387 e. The zero-order chi connectivity index (χ0) is 14.6. The van der Waals surface area contributed by atoms with E-state index < -0.39 is 12.7 Å². The second-order valence-electron chi connectivity index (χ2n) is 5.24. The van der Waals surface area contributed by atoms with Crippen molar-refractivity contribution in [3.05, 3.63) is 24.3 Å². The third kappa shape index (κ3) is 4.82. The number of hydrogen-bond donors (Lipinski definition) is 2. The Morgan fingerprint density at radius 1 is 1.37 bits per heavy atom. The van der Waals surface area contributed by atoms with E-state index in [2.05, 4.69) is 10.1 Å². The minimum absolute atomic E-state index is 0.0165. The maximum atomic E-state index is 12.1. The van der Waals surface area contributed by atoms with Crippen LogP contribution in [0, 0.1) is 5.41 Å². The predicted octanol–water partition coefficient (Wildman–Crippen LogP) is 2.60. The summed E-state index contributed by atoms with van der Waals surface area (Å²) in [5.41, 5.74) is 5.77. The zero-order valence-electron chi connectivity index (χ0n) is 11.1. The van der Waals surface area contributed by atoms with Gasteiger partial charge in [-0.1, -0.05) is 26.8 Å². The first-order chi connectivity index (χ1) is 8.70. The van der Waals surface area contributed by atoms with Crippen LogP contribution in [0.4, 0.5) is 14.5 Å². The van der Waals surface area contributed by atoms with Crippen molar-refractivity contribution in [2.45, 2.75) is 33.4 Å². The number of halogens is 2. The molecule has 1 aromatic carbocycles. The van der Waals surface area contributed by atoms with Gasteiger partial charge in [0.05, 0.1) is 6.04 Å². The van der Waals surface area contributed by atoms with Crippen molar-refractivity contribution in [3.63, 3.8) is 0 Å². The molecule has 3 N–H and O–H groups in total. The number of ether oxygens (including phenoxy) is 1. The van der Waals surface area contributed by atoms with Crippen LogP contribution in [0.1, 0.15) is 20.8 Å². The van der Waals surface area contributed by atoms with E-state index in [4.69, 9.17) is 5.73 Å². The van der Waals surface area contributed by atoms with Gasteiger partial charge in [-0.05, 0) is 17.5 Å². The number of carbonyl (C=O) groups excluding carboxylic acids is 1. The number of rotatable bonds is 4. The van der Waals surface area contributed by atoms with E-state index in [1.54, 1.807) is 6.07 Å². The van der Waals surface area contributed by atoms with Gasteiger partial charge in [-0.25, -0.2) is 0 Å². The van der Waals surface area contributed by atoms with Crippen molar-refractivity contribution in [2.24, 2.45) is 11.1 Å². The molecule has 0 radical (unpaired) electrons. The standard InChI is InChI=1S/C13H18F2N2O2/c1-13(2,3)10(16)11(18)17-8-5-4-6-9(7-8)19-12(14)15/h4-7,10,12H,16H2,1-3H3,(H,17,18)/t10-/m1/s1. The van der Waals surface area contributed by atoms with Gasteiger partial charge in [-0.3, -0.25) is 4.79 Å². The number of amides is 1. The first-order valence-electron chi connectivity index (χ1n) is 5.81. The van der Waals surface area contributed by atoms with Gasteiger partial charge in [0.1, 0.15) is 5.75 Å². The molecule has 1 amide bonds. The summed E-state index contributed by atoms with van der Waals surface area (Å²) in [7, 11) is 0. The Hall–Kier alpha value is -1.69. The molecule has 1 atom stereocenters. The summed E-state index contributed by atoms with van der Waals surface area (Å²) in [5.74, 6) is -0.390. The third-order valence-electron chi connectivity index (χ3n) is 2.54. The molecule has 0 bridgehead atoms. The highest BCUT2D eigenvalue weighted by Crippen LogP contribution is 2.22. The molecule has 0 aliphatic rings. The van der Waals surface area contributed by atoms with Crippen LogP contribution in [0.2, 0.25) is 0 Å². The van der Waals surface area contributed by atoms with Crippen LogP contribution in [0.5, 0.6) is 5.75 Å². The molecule has 1 rings (SSSR count). The lowest BCUT2D eigenvalue weighted by atomic mass is 9.87. The number of hydrogen-bond acceptors (Lipinski definition) is 3. The van der Waals surface area contributed by atoms with Gasteiger partial charge in [0.15, 0.2) is 0 Å². The fourth-order valence-electron chi connectivity index (χ4n) is 1.36. The quantitative estimate of drug-likeness (QED) is 0.885. The van der Waals surface area contributed by atoms with Crippen LogP contribution >= 0.6 is 0 Å². The van der Waals surface area contributed by atoms with Gasteiger partial charge in [0, 0.05) is 11.8 Å². The Balaban J connectivity index is 2.75. The molecule has 6 heteroatoms. The molecular weight excluding hydrogens is 254 g/mol. The molecule has 0 heterocycles. The number of nitrogens with one attached hydrogen (secondary N) is 1. The summed E-state index contributed by atoms with van der Waals surface area (Å²) in [6, 6.07) is 5.08. The molecule has 0 saturated heterocycles. The second-order valence-corrected chi connectivity index (χ2v) is 5.24. The van der Waals surface area contributed by atoms with Crippen molar-refractivity contribution >= 4 is 11.6 Å². The largest absolute Gasteiger partial charge is 0.435 e. The molecule has 0 spiro atoms. The minimum Gasteiger partial charge on any atom is -0.435 e. The lowest BCUT2D eigenvalue weighted by Gasteiger charge is -2.25. The van der Waals surface area contributed by atoms with Gasteiger partial charge in [0.25, 0.3) is 0 Å². The Kier molecular flexibility index (Phi) is 4.83. The average Bonchev–Trinajstić information content (AvgIpc) is 2.26. The normalized spacial score (nSPS) is 13.2. The van der Waals surface area contributed by atoms with Crippen LogP contribution in [-0.2, 0) is 4.79 Å². The maximum Gasteiger partial charge on any atom is 0.387 e.